The molecule has 0 fully saturated rings. The second kappa shape index (κ2) is 6.15. The second-order valence-corrected chi connectivity index (χ2v) is 3.19. The zero-order valence-corrected chi connectivity index (χ0v) is 8.58. The Balaban J connectivity index is 3.74. The van der Waals surface area contributed by atoms with E-state index in [0.717, 1.165) is 0 Å². The number of hydrogen-bond donors (Lipinski definition) is 1. The van der Waals surface area contributed by atoms with Gasteiger partial charge in [-0.3, -0.25) is 4.79 Å². The van der Waals surface area contributed by atoms with Crippen LogP contribution >= 0.6 is 0 Å². The highest BCUT2D eigenvalue weighted by Gasteiger charge is 2.10. The van der Waals surface area contributed by atoms with Crippen LogP contribution in [0, 0.1) is 0 Å². The summed E-state index contributed by atoms with van der Waals surface area (Å²) < 4.78 is 4.83. The summed E-state index contributed by atoms with van der Waals surface area (Å²) in [5.74, 6) is -1.15. The van der Waals surface area contributed by atoms with Crippen LogP contribution in [-0.2, 0) is 14.3 Å². The Kier molecular flexibility index (Phi) is 5.55. The minimum absolute atomic E-state index is 0.0938. The fourth-order valence-electron chi connectivity index (χ4n) is 0.705. The van der Waals surface area contributed by atoms with Gasteiger partial charge in [0.1, 0.15) is 6.61 Å². The summed E-state index contributed by atoms with van der Waals surface area (Å²) in [5.41, 5.74) is 4.99. The Hall–Kier alpha value is -1.36. The van der Waals surface area contributed by atoms with Crippen molar-refractivity contribution < 1.29 is 14.3 Å². The van der Waals surface area contributed by atoms with Crippen LogP contribution < -0.4 is 5.73 Å². The Morgan fingerprint density at radius 1 is 1.43 bits per heavy atom. The molecule has 0 aliphatic carbocycles. The van der Waals surface area contributed by atoms with Gasteiger partial charge in [0.2, 0.25) is 5.91 Å². The van der Waals surface area contributed by atoms with Gasteiger partial charge in [0.15, 0.2) is 0 Å². The molecule has 0 atom stereocenters. The average molecular weight is 200 g/mol. The van der Waals surface area contributed by atoms with E-state index < -0.39 is 11.9 Å². The van der Waals surface area contributed by atoms with Crippen LogP contribution in [-0.4, -0.2) is 44.0 Å². The molecule has 0 heterocycles. The van der Waals surface area contributed by atoms with Crippen molar-refractivity contribution in [2.45, 2.75) is 6.42 Å². The van der Waals surface area contributed by atoms with Crippen LogP contribution in [0.15, 0.2) is 12.2 Å². The average Bonchev–Trinajstić information content (AvgIpc) is 2.01. The molecule has 5 nitrogen and oxygen atoms in total. The lowest BCUT2D eigenvalue weighted by Gasteiger charge is -2.10. The minimum Gasteiger partial charge on any atom is -0.461 e. The lowest BCUT2D eigenvalue weighted by atomic mass is 10.2. The molecular weight excluding hydrogens is 184 g/mol. The lowest BCUT2D eigenvalue weighted by Crippen LogP contribution is -2.22. The molecule has 0 bridgehead atoms. The summed E-state index contributed by atoms with van der Waals surface area (Å²) in [7, 11) is 3.73. The highest BCUT2D eigenvalue weighted by Crippen LogP contribution is 1.99. The van der Waals surface area contributed by atoms with Crippen LogP contribution in [0.4, 0.5) is 0 Å². The first-order chi connectivity index (χ1) is 6.43. The van der Waals surface area contributed by atoms with Gasteiger partial charge in [0.25, 0.3) is 0 Å². The van der Waals surface area contributed by atoms with Gasteiger partial charge in [0, 0.05) is 12.1 Å². The minimum atomic E-state index is -0.584. The molecule has 2 N–H and O–H groups in total. The number of ether oxygens (including phenoxy) is 1. The van der Waals surface area contributed by atoms with E-state index in [-0.39, 0.29) is 18.6 Å². The van der Waals surface area contributed by atoms with Gasteiger partial charge in [-0.1, -0.05) is 6.58 Å². The van der Waals surface area contributed by atoms with E-state index in [1.54, 1.807) is 0 Å². The van der Waals surface area contributed by atoms with E-state index >= 15 is 0 Å². The lowest BCUT2D eigenvalue weighted by molar-refractivity contribution is -0.140. The van der Waals surface area contributed by atoms with Gasteiger partial charge < -0.3 is 15.4 Å². The number of hydrogen-bond acceptors (Lipinski definition) is 4. The third kappa shape index (κ3) is 6.19. The Labute approximate surface area is 83.5 Å². The van der Waals surface area contributed by atoms with Crippen molar-refractivity contribution in [3.63, 3.8) is 0 Å². The Morgan fingerprint density at radius 3 is 2.43 bits per heavy atom. The van der Waals surface area contributed by atoms with E-state index in [2.05, 4.69) is 6.58 Å². The number of rotatable bonds is 6. The van der Waals surface area contributed by atoms with E-state index in [0.29, 0.717) is 6.54 Å². The van der Waals surface area contributed by atoms with Crippen molar-refractivity contribution in [1.82, 2.24) is 4.90 Å². The van der Waals surface area contributed by atoms with Gasteiger partial charge in [0.05, 0.1) is 6.42 Å². The fourth-order valence-corrected chi connectivity index (χ4v) is 0.705. The van der Waals surface area contributed by atoms with E-state index in [1.165, 1.54) is 0 Å². The molecule has 1 amide bonds. The number of amides is 1. The van der Waals surface area contributed by atoms with Crippen molar-refractivity contribution in [3.05, 3.63) is 12.2 Å². The quantitative estimate of drug-likeness (QED) is 0.464. The molecule has 5 heteroatoms. The number of carbonyl (C=O) groups excluding carboxylic acids is 2. The molecule has 0 saturated carbocycles. The molecule has 0 rings (SSSR count). The SMILES string of the molecule is C=C(CC(N)=O)C(=O)OCCN(C)C. The van der Waals surface area contributed by atoms with Gasteiger partial charge in [-0.05, 0) is 14.1 Å². The number of esters is 1. The molecule has 0 aliphatic heterocycles. The molecule has 0 radical (unpaired) electrons. The molecule has 14 heavy (non-hydrogen) atoms. The first-order valence-corrected chi connectivity index (χ1v) is 4.21. The molecular formula is C9H16N2O3. The maximum absolute atomic E-state index is 11.1. The number of likely N-dealkylation sites (N-methyl/N-ethyl adjacent to an activating group) is 1. The first-order valence-electron chi connectivity index (χ1n) is 4.21. The van der Waals surface area contributed by atoms with Crippen molar-refractivity contribution in [3.8, 4) is 0 Å². The van der Waals surface area contributed by atoms with Gasteiger partial charge in [-0.25, -0.2) is 4.79 Å². The van der Waals surface area contributed by atoms with Gasteiger partial charge in [-0.2, -0.15) is 0 Å². The van der Waals surface area contributed by atoms with Crippen LogP contribution in [0.2, 0.25) is 0 Å². The van der Waals surface area contributed by atoms with Crippen LogP contribution in [0.5, 0.6) is 0 Å². The smallest absolute Gasteiger partial charge is 0.333 e. The molecule has 0 aliphatic rings. The topological polar surface area (TPSA) is 72.6 Å². The normalized spacial score (nSPS) is 9.93. The third-order valence-electron chi connectivity index (χ3n) is 1.45. The molecule has 0 aromatic heterocycles. The largest absolute Gasteiger partial charge is 0.461 e. The van der Waals surface area contributed by atoms with Crippen LogP contribution in [0.3, 0.4) is 0 Å². The van der Waals surface area contributed by atoms with E-state index in [4.69, 9.17) is 10.5 Å². The number of nitrogens with zero attached hydrogens (tertiary/aromatic N) is 1. The monoisotopic (exact) mass is 200 g/mol. The summed E-state index contributed by atoms with van der Waals surface area (Å²) in [6.45, 7) is 4.32. The maximum atomic E-state index is 11.1. The van der Waals surface area contributed by atoms with Crippen molar-refractivity contribution in [2.24, 2.45) is 5.73 Å². The molecule has 80 valence electrons. The summed E-state index contributed by atoms with van der Waals surface area (Å²) in [5, 5.41) is 0. The van der Waals surface area contributed by atoms with Crippen molar-refractivity contribution in [2.75, 3.05) is 27.2 Å². The second-order valence-electron chi connectivity index (χ2n) is 3.19. The van der Waals surface area contributed by atoms with Crippen molar-refractivity contribution >= 4 is 11.9 Å². The maximum Gasteiger partial charge on any atom is 0.333 e. The van der Waals surface area contributed by atoms with Crippen molar-refractivity contribution in [1.29, 1.82) is 0 Å². The van der Waals surface area contributed by atoms with Gasteiger partial charge >= 0.3 is 5.97 Å². The highest BCUT2D eigenvalue weighted by molar-refractivity contribution is 5.94. The fraction of sp³-hybridized carbons (Fsp3) is 0.556. The van der Waals surface area contributed by atoms with Gasteiger partial charge in [-0.15, -0.1) is 0 Å². The summed E-state index contributed by atoms with van der Waals surface area (Å²) in [4.78, 5) is 23.4. The Morgan fingerprint density at radius 2 is 2.00 bits per heavy atom. The molecule has 0 aromatic rings. The predicted molar refractivity (Wildman–Crippen MR) is 52.5 cm³/mol. The number of carbonyl (C=O) groups is 2. The molecule has 0 saturated heterocycles. The van der Waals surface area contributed by atoms with Crippen LogP contribution in [0.25, 0.3) is 0 Å². The number of primary amides is 1. The highest BCUT2D eigenvalue weighted by atomic mass is 16.5. The molecule has 0 spiro atoms. The molecule has 0 aromatic carbocycles. The molecule has 0 unspecified atom stereocenters. The summed E-state index contributed by atoms with van der Waals surface area (Å²) in [6, 6.07) is 0. The number of nitrogens with two attached hydrogens (primary N) is 1. The Bertz CT molecular complexity index is 236. The summed E-state index contributed by atoms with van der Waals surface area (Å²) in [6.07, 6.45) is -0.152. The standard InChI is InChI=1S/C9H16N2O3/c1-7(6-8(10)12)9(13)14-5-4-11(2)3/h1,4-6H2,2-3H3,(H2,10,12). The first kappa shape index (κ1) is 12.6. The van der Waals surface area contributed by atoms with Crippen LogP contribution in [0.1, 0.15) is 6.42 Å². The van der Waals surface area contributed by atoms with E-state index in [1.807, 2.05) is 19.0 Å². The third-order valence-corrected chi connectivity index (χ3v) is 1.45. The zero-order chi connectivity index (χ0) is 11.1. The zero-order valence-electron chi connectivity index (χ0n) is 8.58. The summed E-state index contributed by atoms with van der Waals surface area (Å²) >= 11 is 0. The predicted octanol–water partition coefficient (Wildman–Crippen LogP) is -0.477. The van der Waals surface area contributed by atoms with E-state index in [9.17, 15) is 9.59 Å².